The highest BCUT2D eigenvalue weighted by Gasteiger charge is 2.22. The highest BCUT2D eigenvalue weighted by molar-refractivity contribution is 5.97. The van der Waals surface area contributed by atoms with Gasteiger partial charge in [0.2, 0.25) is 0 Å². The second-order valence-electron chi connectivity index (χ2n) is 3.97. The molecule has 0 atom stereocenters. The third kappa shape index (κ3) is 3.61. The summed E-state index contributed by atoms with van der Waals surface area (Å²) in [6, 6.07) is 0. The normalized spacial score (nSPS) is 16.2. The number of Topliss-reactive ketones (excluding diaryl/α,β-unsaturated/α-hetero) is 2. The third-order valence-electron chi connectivity index (χ3n) is 2.47. The summed E-state index contributed by atoms with van der Waals surface area (Å²) in [5, 5.41) is 0. The Morgan fingerprint density at radius 2 is 1.94 bits per heavy atom. The van der Waals surface area contributed by atoms with E-state index in [1.807, 2.05) is 0 Å². The Morgan fingerprint density at radius 1 is 1.25 bits per heavy atom. The van der Waals surface area contributed by atoms with Crippen LogP contribution >= 0.6 is 0 Å². The van der Waals surface area contributed by atoms with Gasteiger partial charge in [-0.05, 0) is 19.8 Å². The Labute approximate surface area is 94.7 Å². The molecule has 0 saturated heterocycles. The number of esters is 1. The van der Waals surface area contributed by atoms with E-state index in [4.69, 9.17) is 4.74 Å². The van der Waals surface area contributed by atoms with Crippen LogP contribution in [-0.2, 0) is 19.1 Å². The van der Waals surface area contributed by atoms with Crippen molar-refractivity contribution in [3.8, 4) is 0 Å². The lowest BCUT2D eigenvalue weighted by atomic mass is 9.92. The minimum atomic E-state index is -0.412. The molecule has 0 bridgehead atoms. The van der Waals surface area contributed by atoms with Crippen LogP contribution in [0.2, 0.25) is 0 Å². The van der Waals surface area contributed by atoms with Crippen molar-refractivity contribution >= 4 is 17.5 Å². The number of ketones is 2. The van der Waals surface area contributed by atoms with Crippen molar-refractivity contribution in [2.45, 2.75) is 46.0 Å². The predicted octanol–water partition coefficient (Wildman–Crippen LogP) is 1.93. The van der Waals surface area contributed by atoms with Gasteiger partial charge in [-0.15, -0.1) is 0 Å². The molecular weight excluding hydrogens is 208 g/mol. The number of carbonyl (C=O) groups excluding carboxylic acids is 3. The molecule has 0 fully saturated rings. The molecule has 4 heteroatoms. The van der Waals surface area contributed by atoms with Crippen LogP contribution in [0.1, 0.15) is 46.0 Å². The van der Waals surface area contributed by atoms with Gasteiger partial charge in [0, 0.05) is 31.8 Å². The first-order valence-electron chi connectivity index (χ1n) is 5.43. The minimum absolute atomic E-state index is 0.00347. The average molecular weight is 224 g/mol. The first-order chi connectivity index (χ1) is 7.50. The zero-order valence-corrected chi connectivity index (χ0v) is 9.67. The maximum atomic E-state index is 11.6. The first kappa shape index (κ1) is 12.6. The molecule has 0 unspecified atom stereocenters. The standard InChI is InChI=1S/C12H16O4/c1-8(13)6-7-10-11(15)4-3-5-12(10)16-9(2)14/h3-7H2,1-2H3. The monoisotopic (exact) mass is 224 g/mol. The van der Waals surface area contributed by atoms with Crippen molar-refractivity contribution in [2.75, 3.05) is 0 Å². The molecule has 88 valence electrons. The van der Waals surface area contributed by atoms with Crippen LogP contribution in [-0.4, -0.2) is 17.5 Å². The van der Waals surface area contributed by atoms with E-state index in [0.717, 1.165) is 0 Å². The quantitative estimate of drug-likeness (QED) is 0.684. The maximum absolute atomic E-state index is 11.6. The molecule has 0 saturated carbocycles. The van der Waals surface area contributed by atoms with Crippen LogP contribution in [0, 0.1) is 0 Å². The highest BCUT2D eigenvalue weighted by Crippen LogP contribution is 2.26. The highest BCUT2D eigenvalue weighted by atomic mass is 16.5. The number of carbonyl (C=O) groups is 3. The summed E-state index contributed by atoms with van der Waals surface area (Å²) in [5.41, 5.74) is 0.525. The third-order valence-corrected chi connectivity index (χ3v) is 2.47. The van der Waals surface area contributed by atoms with Crippen molar-refractivity contribution in [2.24, 2.45) is 0 Å². The summed E-state index contributed by atoms with van der Waals surface area (Å²) in [4.78, 5) is 33.4. The van der Waals surface area contributed by atoms with Gasteiger partial charge in [-0.1, -0.05) is 0 Å². The molecular formula is C12H16O4. The number of ether oxygens (including phenoxy) is 1. The molecule has 0 spiro atoms. The fourth-order valence-electron chi connectivity index (χ4n) is 1.73. The summed E-state index contributed by atoms with van der Waals surface area (Å²) in [6.45, 7) is 2.80. The molecule has 0 N–H and O–H groups in total. The molecule has 4 nitrogen and oxygen atoms in total. The Balaban J connectivity index is 2.81. The van der Waals surface area contributed by atoms with Gasteiger partial charge in [0.05, 0.1) is 0 Å². The van der Waals surface area contributed by atoms with Gasteiger partial charge in [-0.25, -0.2) is 0 Å². The summed E-state index contributed by atoms with van der Waals surface area (Å²) in [5.74, 6) is 0.0897. The summed E-state index contributed by atoms with van der Waals surface area (Å²) in [6.07, 6.45) is 2.52. The number of hydrogen-bond acceptors (Lipinski definition) is 4. The van der Waals surface area contributed by atoms with E-state index < -0.39 is 5.97 Å². The van der Waals surface area contributed by atoms with Gasteiger partial charge in [-0.3, -0.25) is 9.59 Å². The zero-order chi connectivity index (χ0) is 12.1. The van der Waals surface area contributed by atoms with E-state index in [1.54, 1.807) is 0 Å². The maximum Gasteiger partial charge on any atom is 0.307 e. The molecule has 0 aromatic rings. The lowest BCUT2D eigenvalue weighted by molar-refractivity contribution is -0.137. The van der Waals surface area contributed by atoms with Gasteiger partial charge >= 0.3 is 5.97 Å². The van der Waals surface area contributed by atoms with E-state index in [-0.39, 0.29) is 11.6 Å². The molecule has 0 aromatic heterocycles. The second kappa shape index (κ2) is 5.58. The Hall–Kier alpha value is -1.45. The summed E-state index contributed by atoms with van der Waals surface area (Å²) in [7, 11) is 0. The number of allylic oxidation sites excluding steroid dienone is 2. The molecule has 0 aliphatic heterocycles. The lowest BCUT2D eigenvalue weighted by Crippen LogP contribution is -2.15. The van der Waals surface area contributed by atoms with Gasteiger partial charge in [-0.2, -0.15) is 0 Å². The van der Waals surface area contributed by atoms with E-state index in [0.29, 0.717) is 43.4 Å². The van der Waals surface area contributed by atoms with Crippen LogP contribution in [0.3, 0.4) is 0 Å². The van der Waals surface area contributed by atoms with Crippen LogP contribution in [0.15, 0.2) is 11.3 Å². The largest absolute Gasteiger partial charge is 0.431 e. The van der Waals surface area contributed by atoms with Crippen molar-refractivity contribution in [3.63, 3.8) is 0 Å². The SMILES string of the molecule is CC(=O)CCC1=C(OC(C)=O)CCCC1=O. The van der Waals surface area contributed by atoms with Crippen LogP contribution in [0.5, 0.6) is 0 Å². The van der Waals surface area contributed by atoms with Crippen molar-refractivity contribution in [1.82, 2.24) is 0 Å². The topological polar surface area (TPSA) is 60.4 Å². The molecule has 1 rings (SSSR count). The van der Waals surface area contributed by atoms with Crippen molar-refractivity contribution in [1.29, 1.82) is 0 Å². The molecule has 0 aromatic carbocycles. The van der Waals surface area contributed by atoms with Crippen molar-refractivity contribution < 1.29 is 19.1 Å². The van der Waals surface area contributed by atoms with Crippen LogP contribution < -0.4 is 0 Å². The Morgan fingerprint density at radius 3 is 2.50 bits per heavy atom. The van der Waals surface area contributed by atoms with E-state index in [1.165, 1.54) is 13.8 Å². The van der Waals surface area contributed by atoms with Gasteiger partial charge < -0.3 is 9.53 Å². The Kier molecular flexibility index (Phi) is 4.40. The zero-order valence-electron chi connectivity index (χ0n) is 9.67. The summed E-state index contributed by atoms with van der Waals surface area (Å²) < 4.78 is 5.02. The molecule has 1 aliphatic carbocycles. The smallest absolute Gasteiger partial charge is 0.307 e. The minimum Gasteiger partial charge on any atom is -0.431 e. The molecule has 0 heterocycles. The summed E-state index contributed by atoms with van der Waals surface area (Å²) >= 11 is 0. The fraction of sp³-hybridized carbons (Fsp3) is 0.583. The van der Waals surface area contributed by atoms with E-state index in [9.17, 15) is 14.4 Å². The first-order valence-corrected chi connectivity index (χ1v) is 5.43. The van der Waals surface area contributed by atoms with Crippen molar-refractivity contribution in [3.05, 3.63) is 11.3 Å². The molecule has 16 heavy (non-hydrogen) atoms. The van der Waals surface area contributed by atoms with Gasteiger partial charge in [0.1, 0.15) is 11.5 Å². The van der Waals surface area contributed by atoms with Gasteiger partial charge in [0.25, 0.3) is 0 Å². The Bertz CT molecular complexity index is 352. The molecule has 1 aliphatic rings. The molecule has 0 radical (unpaired) electrons. The van der Waals surface area contributed by atoms with E-state index >= 15 is 0 Å². The van der Waals surface area contributed by atoms with E-state index in [2.05, 4.69) is 0 Å². The van der Waals surface area contributed by atoms with Crippen LogP contribution in [0.4, 0.5) is 0 Å². The predicted molar refractivity (Wildman–Crippen MR) is 57.6 cm³/mol. The fourth-order valence-corrected chi connectivity index (χ4v) is 1.73. The number of hydrogen-bond donors (Lipinski definition) is 0. The lowest BCUT2D eigenvalue weighted by Gasteiger charge is -2.17. The van der Waals surface area contributed by atoms with Gasteiger partial charge in [0.15, 0.2) is 5.78 Å². The molecule has 0 amide bonds. The second-order valence-corrected chi connectivity index (χ2v) is 3.97. The van der Waals surface area contributed by atoms with Crippen LogP contribution in [0.25, 0.3) is 0 Å². The number of rotatable bonds is 4. The average Bonchev–Trinajstić information content (AvgIpc) is 2.15.